The Kier molecular flexibility index (Phi) is 2.31. The summed E-state index contributed by atoms with van der Waals surface area (Å²) in [6, 6.07) is 9.76. The molecular formula is C12H11N5. The van der Waals surface area contributed by atoms with Gasteiger partial charge in [-0.05, 0) is 18.2 Å². The van der Waals surface area contributed by atoms with Gasteiger partial charge in [0, 0.05) is 12.1 Å². The maximum absolute atomic E-state index is 5.70. The molecule has 0 atom stereocenters. The summed E-state index contributed by atoms with van der Waals surface area (Å²) in [4.78, 5) is 4.32. The van der Waals surface area contributed by atoms with Gasteiger partial charge < -0.3 is 5.73 Å². The summed E-state index contributed by atoms with van der Waals surface area (Å²) in [5.74, 6) is 0.740. The summed E-state index contributed by atoms with van der Waals surface area (Å²) in [5, 5.41) is 8.04. The lowest BCUT2D eigenvalue weighted by atomic mass is 10.2. The van der Waals surface area contributed by atoms with Crippen LogP contribution in [0.5, 0.6) is 0 Å². The average molecular weight is 225 g/mol. The largest absolute Gasteiger partial charge is 0.326 e. The maximum Gasteiger partial charge on any atom is 0.165 e. The SMILES string of the molecule is NCc1ccnnc1-n1cnc2ccccc21. The van der Waals surface area contributed by atoms with Crippen molar-refractivity contribution in [2.75, 3.05) is 0 Å². The maximum atomic E-state index is 5.70. The van der Waals surface area contributed by atoms with Crippen molar-refractivity contribution in [3.8, 4) is 5.82 Å². The van der Waals surface area contributed by atoms with E-state index < -0.39 is 0 Å². The molecular weight excluding hydrogens is 214 g/mol. The molecule has 0 bridgehead atoms. The van der Waals surface area contributed by atoms with Gasteiger partial charge in [-0.15, -0.1) is 5.10 Å². The number of benzene rings is 1. The Hall–Kier alpha value is -2.27. The monoisotopic (exact) mass is 225 g/mol. The zero-order chi connectivity index (χ0) is 11.7. The fourth-order valence-electron chi connectivity index (χ4n) is 1.84. The van der Waals surface area contributed by atoms with Crippen molar-refractivity contribution < 1.29 is 0 Å². The Balaban J connectivity index is 2.27. The lowest BCUT2D eigenvalue weighted by molar-refractivity contribution is 0.883. The highest BCUT2D eigenvalue weighted by Crippen LogP contribution is 2.18. The molecule has 0 spiro atoms. The third-order valence-corrected chi connectivity index (χ3v) is 2.68. The summed E-state index contributed by atoms with van der Waals surface area (Å²) < 4.78 is 1.91. The van der Waals surface area contributed by atoms with Crippen molar-refractivity contribution in [3.63, 3.8) is 0 Å². The zero-order valence-electron chi connectivity index (χ0n) is 9.11. The van der Waals surface area contributed by atoms with Gasteiger partial charge in [0.15, 0.2) is 5.82 Å². The minimum atomic E-state index is 0.428. The lowest BCUT2D eigenvalue weighted by Gasteiger charge is -2.06. The molecule has 0 saturated heterocycles. The average Bonchev–Trinajstić information content (AvgIpc) is 2.82. The van der Waals surface area contributed by atoms with Crippen molar-refractivity contribution in [3.05, 3.63) is 48.4 Å². The van der Waals surface area contributed by atoms with Crippen LogP contribution in [0.3, 0.4) is 0 Å². The number of hydrogen-bond acceptors (Lipinski definition) is 4. The van der Waals surface area contributed by atoms with Crippen molar-refractivity contribution in [1.29, 1.82) is 0 Å². The number of nitrogens with two attached hydrogens (primary N) is 1. The normalized spacial score (nSPS) is 10.9. The molecule has 0 radical (unpaired) electrons. The van der Waals surface area contributed by atoms with Gasteiger partial charge >= 0.3 is 0 Å². The number of imidazole rings is 1. The second-order valence-corrected chi connectivity index (χ2v) is 3.69. The van der Waals surface area contributed by atoms with Gasteiger partial charge in [0.2, 0.25) is 0 Å². The molecule has 0 unspecified atom stereocenters. The van der Waals surface area contributed by atoms with Gasteiger partial charge in [0.25, 0.3) is 0 Å². The van der Waals surface area contributed by atoms with E-state index in [0.717, 1.165) is 22.4 Å². The molecule has 3 aromatic rings. The Morgan fingerprint density at radius 3 is 2.94 bits per heavy atom. The summed E-state index contributed by atoms with van der Waals surface area (Å²) in [7, 11) is 0. The summed E-state index contributed by atoms with van der Waals surface area (Å²) in [5.41, 5.74) is 8.58. The Morgan fingerprint density at radius 1 is 1.18 bits per heavy atom. The van der Waals surface area contributed by atoms with E-state index in [9.17, 15) is 0 Å². The number of rotatable bonds is 2. The minimum Gasteiger partial charge on any atom is -0.326 e. The van der Waals surface area contributed by atoms with Gasteiger partial charge in [-0.1, -0.05) is 12.1 Å². The number of nitrogens with zero attached hydrogens (tertiary/aromatic N) is 4. The zero-order valence-corrected chi connectivity index (χ0v) is 9.11. The highest BCUT2D eigenvalue weighted by atomic mass is 15.2. The van der Waals surface area contributed by atoms with Crippen LogP contribution in [-0.4, -0.2) is 19.7 Å². The van der Waals surface area contributed by atoms with E-state index in [0.29, 0.717) is 6.54 Å². The van der Waals surface area contributed by atoms with Crippen LogP contribution in [-0.2, 0) is 6.54 Å². The van der Waals surface area contributed by atoms with E-state index in [4.69, 9.17) is 5.73 Å². The Bertz CT molecular complexity index is 659. The molecule has 2 heterocycles. The standard InChI is InChI=1S/C12H11N5/c13-7-9-5-6-15-16-12(9)17-8-14-10-3-1-2-4-11(10)17/h1-6,8H,7,13H2. The first-order valence-electron chi connectivity index (χ1n) is 5.33. The van der Waals surface area contributed by atoms with Crippen LogP contribution in [0.25, 0.3) is 16.9 Å². The smallest absolute Gasteiger partial charge is 0.165 e. The molecule has 3 rings (SSSR count). The van der Waals surface area contributed by atoms with Crippen molar-refractivity contribution in [2.24, 2.45) is 5.73 Å². The van der Waals surface area contributed by atoms with E-state index in [1.807, 2.05) is 34.9 Å². The molecule has 2 N–H and O–H groups in total. The third-order valence-electron chi connectivity index (χ3n) is 2.68. The van der Waals surface area contributed by atoms with Crippen molar-refractivity contribution >= 4 is 11.0 Å². The molecule has 0 saturated carbocycles. The third kappa shape index (κ3) is 1.57. The summed E-state index contributed by atoms with van der Waals surface area (Å²) in [6.45, 7) is 0.428. The molecule has 0 amide bonds. The minimum absolute atomic E-state index is 0.428. The van der Waals surface area contributed by atoms with Crippen LogP contribution >= 0.6 is 0 Å². The number of fused-ring (bicyclic) bond motifs is 1. The second kappa shape index (κ2) is 3.95. The summed E-state index contributed by atoms with van der Waals surface area (Å²) in [6.07, 6.45) is 3.39. The lowest BCUT2D eigenvalue weighted by Crippen LogP contribution is -2.07. The van der Waals surface area contributed by atoms with E-state index in [2.05, 4.69) is 15.2 Å². The number of para-hydroxylation sites is 2. The second-order valence-electron chi connectivity index (χ2n) is 3.69. The molecule has 0 aliphatic carbocycles. The van der Waals surface area contributed by atoms with Crippen molar-refractivity contribution in [2.45, 2.75) is 6.54 Å². The Morgan fingerprint density at radius 2 is 2.06 bits per heavy atom. The number of hydrogen-bond donors (Lipinski definition) is 1. The Labute approximate surface area is 97.9 Å². The fraction of sp³-hybridized carbons (Fsp3) is 0.0833. The van der Waals surface area contributed by atoms with Gasteiger partial charge in [-0.2, -0.15) is 5.10 Å². The molecule has 5 heteroatoms. The van der Waals surface area contributed by atoms with Gasteiger partial charge in [0.05, 0.1) is 17.2 Å². The van der Waals surface area contributed by atoms with Crippen LogP contribution in [0, 0.1) is 0 Å². The highest BCUT2D eigenvalue weighted by molar-refractivity contribution is 5.76. The highest BCUT2D eigenvalue weighted by Gasteiger charge is 2.08. The molecule has 0 aliphatic heterocycles. The first-order valence-corrected chi connectivity index (χ1v) is 5.33. The first kappa shape index (κ1) is 9.92. The van der Waals surface area contributed by atoms with Crippen molar-refractivity contribution in [1.82, 2.24) is 19.7 Å². The van der Waals surface area contributed by atoms with E-state index in [1.54, 1.807) is 12.5 Å². The van der Waals surface area contributed by atoms with E-state index >= 15 is 0 Å². The van der Waals surface area contributed by atoms with Crippen LogP contribution < -0.4 is 5.73 Å². The molecule has 2 aromatic heterocycles. The fourth-order valence-corrected chi connectivity index (χ4v) is 1.84. The van der Waals surface area contributed by atoms with Crippen LogP contribution in [0.15, 0.2) is 42.9 Å². The predicted octanol–water partition coefficient (Wildman–Crippen LogP) is 1.27. The molecule has 17 heavy (non-hydrogen) atoms. The molecule has 0 fully saturated rings. The topological polar surface area (TPSA) is 69.6 Å². The van der Waals surface area contributed by atoms with Gasteiger partial charge in [0.1, 0.15) is 6.33 Å². The van der Waals surface area contributed by atoms with E-state index in [-0.39, 0.29) is 0 Å². The van der Waals surface area contributed by atoms with Gasteiger partial charge in [-0.3, -0.25) is 4.57 Å². The molecule has 0 aliphatic rings. The van der Waals surface area contributed by atoms with Gasteiger partial charge in [-0.25, -0.2) is 4.98 Å². The van der Waals surface area contributed by atoms with Crippen LogP contribution in [0.4, 0.5) is 0 Å². The quantitative estimate of drug-likeness (QED) is 0.713. The van der Waals surface area contributed by atoms with Crippen LogP contribution in [0.1, 0.15) is 5.56 Å². The predicted molar refractivity (Wildman–Crippen MR) is 64.6 cm³/mol. The molecule has 1 aromatic carbocycles. The molecule has 5 nitrogen and oxygen atoms in total. The first-order chi connectivity index (χ1) is 8.40. The van der Waals surface area contributed by atoms with E-state index in [1.165, 1.54) is 0 Å². The number of aromatic nitrogens is 4. The van der Waals surface area contributed by atoms with Crippen LogP contribution in [0.2, 0.25) is 0 Å². The summed E-state index contributed by atoms with van der Waals surface area (Å²) >= 11 is 0. The molecule has 84 valence electrons.